The molecule has 1 amide bonds. The lowest BCUT2D eigenvalue weighted by Crippen LogP contribution is -2.49. The molecule has 1 saturated heterocycles. The summed E-state index contributed by atoms with van der Waals surface area (Å²) < 4.78 is 7.27. The van der Waals surface area contributed by atoms with Crippen LogP contribution in [0.2, 0.25) is 0 Å². The van der Waals surface area contributed by atoms with E-state index in [2.05, 4.69) is 9.97 Å². The Morgan fingerprint density at radius 1 is 1.07 bits per heavy atom. The van der Waals surface area contributed by atoms with E-state index in [4.69, 9.17) is 4.74 Å². The Morgan fingerprint density at radius 3 is 2.67 bits per heavy atom. The van der Waals surface area contributed by atoms with Crippen LogP contribution in [0.15, 0.2) is 59.9 Å². The number of likely N-dealkylation sites (tertiary alicyclic amines) is 1. The Morgan fingerprint density at radius 2 is 1.87 bits per heavy atom. The second-order valence-electron chi connectivity index (χ2n) is 7.92. The number of piperidine rings is 1. The van der Waals surface area contributed by atoms with E-state index in [-0.39, 0.29) is 23.3 Å². The van der Waals surface area contributed by atoms with E-state index in [0.29, 0.717) is 30.9 Å². The van der Waals surface area contributed by atoms with Gasteiger partial charge in [0.15, 0.2) is 0 Å². The number of benzene rings is 1. The highest BCUT2D eigenvalue weighted by molar-refractivity contribution is 5.97. The van der Waals surface area contributed by atoms with Crippen molar-refractivity contribution < 1.29 is 9.53 Å². The number of methoxy groups -OCH3 is 1. The van der Waals surface area contributed by atoms with Gasteiger partial charge >= 0.3 is 0 Å². The van der Waals surface area contributed by atoms with Gasteiger partial charge in [0, 0.05) is 60.8 Å². The molecule has 2 aliphatic rings. The van der Waals surface area contributed by atoms with Gasteiger partial charge in [-0.3, -0.25) is 9.59 Å². The summed E-state index contributed by atoms with van der Waals surface area (Å²) in [5.41, 5.74) is 3.40. The van der Waals surface area contributed by atoms with E-state index in [1.165, 1.54) is 6.33 Å². The van der Waals surface area contributed by atoms with Gasteiger partial charge in [-0.1, -0.05) is 12.1 Å². The van der Waals surface area contributed by atoms with Gasteiger partial charge < -0.3 is 14.2 Å². The lowest BCUT2D eigenvalue weighted by molar-refractivity contribution is 0.0592. The molecule has 1 aromatic carbocycles. The highest BCUT2D eigenvalue weighted by Crippen LogP contribution is 2.40. The first kappa shape index (κ1) is 18.5. The van der Waals surface area contributed by atoms with Gasteiger partial charge in [0.1, 0.15) is 12.1 Å². The van der Waals surface area contributed by atoms with Crippen molar-refractivity contribution in [1.29, 1.82) is 0 Å². The van der Waals surface area contributed by atoms with Crippen LogP contribution < -0.4 is 10.3 Å². The van der Waals surface area contributed by atoms with Gasteiger partial charge in [-0.2, -0.15) is 0 Å². The van der Waals surface area contributed by atoms with Gasteiger partial charge in [-0.25, -0.2) is 9.97 Å². The smallest absolute Gasteiger partial charge is 0.257 e. The van der Waals surface area contributed by atoms with Crippen LogP contribution in [0.25, 0.3) is 11.1 Å². The van der Waals surface area contributed by atoms with Gasteiger partial charge in [-0.15, -0.1) is 0 Å². The molecule has 2 bridgehead atoms. The molecule has 1 fully saturated rings. The molecule has 2 atom stereocenters. The van der Waals surface area contributed by atoms with Crippen LogP contribution >= 0.6 is 0 Å². The van der Waals surface area contributed by atoms with Crippen LogP contribution in [0.1, 0.15) is 28.4 Å². The normalized spacial score (nSPS) is 19.8. The van der Waals surface area contributed by atoms with Crippen molar-refractivity contribution >= 4 is 5.91 Å². The number of nitrogens with zero attached hydrogens (tertiary/aromatic N) is 4. The molecule has 7 nitrogen and oxygen atoms in total. The number of rotatable bonds is 3. The minimum Gasteiger partial charge on any atom is -0.496 e. The monoisotopic (exact) mass is 402 g/mol. The van der Waals surface area contributed by atoms with Crippen LogP contribution in [0, 0.1) is 5.92 Å². The van der Waals surface area contributed by atoms with Crippen molar-refractivity contribution in [1.82, 2.24) is 19.4 Å². The molecule has 0 saturated carbocycles. The zero-order valence-electron chi connectivity index (χ0n) is 16.7. The summed E-state index contributed by atoms with van der Waals surface area (Å²) in [6.45, 7) is 1.82. The van der Waals surface area contributed by atoms with E-state index in [1.807, 2.05) is 27.7 Å². The first-order valence-corrected chi connectivity index (χ1v) is 10.1. The third-order valence-corrected chi connectivity index (χ3v) is 6.09. The maximum Gasteiger partial charge on any atom is 0.257 e. The van der Waals surface area contributed by atoms with Crippen molar-refractivity contribution in [2.75, 3.05) is 20.2 Å². The Balaban J connectivity index is 1.54. The van der Waals surface area contributed by atoms with E-state index >= 15 is 0 Å². The number of carbonyl (C=O) groups excluding carboxylic acids is 1. The molecule has 0 N–H and O–H groups in total. The van der Waals surface area contributed by atoms with Gasteiger partial charge in [0.2, 0.25) is 0 Å². The molecule has 2 aliphatic heterocycles. The van der Waals surface area contributed by atoms with Crippen LogP contribution in [0.4, 0.5) is 0 Å². The van der Waals surface area contributed by atoms with Gasteiger partial charge in [-0.05, 0) is 30.5 Å². The molecule has 0 radical (unpaired) electrons. The maximum atomic E-state index is 13.3. The molecule has 0 spiro atoms. The highest BCUT2D eigenvalue weighted by Gasteiger charge is 2.38. The lowest BCUT2D eigenvalue weighted by atomic mass is 9.80. The summed E-state index contributed by atoms with van der Waals surface area (Å²) in [5, 5.41) is 0. The third-order valence-electron chi connectivity index (χ3n) is 6.09. The molecular weight excluding hydrogens is 380 g/mol. The number of hydrogen-bond donors (Lipinski definition) is 0. The molecule has 152 valence electrons. The number of para-hydroxylation sites is 1. The second-order valence-corrected chi connectivity index (χ2v) is 7.92. The highest BCUT2D eigenvalue weighted by atomic mass is 16.5. The average molecular weight is 402 g/mol. The van der Waals surface area contributed by atoms with Crippen molar-refractivity contribution in [2.24, 2.45) is 5.92 Å². The van der Waals surface area contributed by atoms with Gasteiger partial charge in [0.05, 0.1) is 12.7 Å². The largest absolute Gasteiger partial charge is 0.496 e. The fourth-order valence-electron chi connectivity index (χ4n) is 4.85. The summed E-state index contributed by atoms with van der Waals surface area (Å²) in [6.07, 6.45) is 5.98. The topological polar surface area (TPSA) is 77.3 Å². The summed E-state index contributed by atoms with van der Waals surface area (Å²) in [6, 6.07) is 10.8. The third kappa shape index (κ3) is 3.07. The summed E-state index contributed by atoms with van der Waals surface area (Å²) in [5.74, 6) is 0.880. The lowest BCUT2D eigenvalue weighted by Gasteiger charge is -2.43. The van der Waals surface area contributed by atoms with Crippen molar-refractivity contribution in [2.45, 2.75) is 18.9 Å². The van der Waals surface area contributed by atoms with E-state index in [1.54, 1.807) is 37.7 Å². The fourth-order valence-corrected chi connectivity index (χ4v) is 4.85. The van der Waals surface area contributed by atoms with Crippen molar-refractivity contribution in [3.05, 3.63) is 76.7 Å². The predicted molar refractivity (Wildman–Crippen MR) is 111 cm³/mol. The minimum absolute atomic E-state index is 0.00445. The van der Waals surface area contributed by atoms with Crippen molar-refractivity contribution in [3.63, 3.8) is 0 Å². The number of aromatic nitrogens is 3. The number of carbonyl (C=O) groups is 1. The molecule has 0 unspecified atom stereocenters. The van der Waals surface area contributed by atoms with E-state index in [9.17, 15) is 9.59 Å². The quantitative estimate of drug-likeness (QED) is 0.673. The van der Waals surface area contributed by atoms with E-state index < -0.39 is 0 Å². The summed E-state index contributed by atoms with van der Waals surface area (Å²) >= 11 is 0. The van der Waals surface area contributed by atoms with Gasteiger partial charge in [0.25, 0.3) is 11.5 Å². The second kappa shape index (κ2) is 7.40. The predicted octanol–water partition coefficient (Wildman–Crippen LogP) is 2.57. The summed E-state index contributed by atoms with van der Waals surface area (Å²) in [4.78, 5) is 36.1. The molecule has 3 aromatic rings. The molecule has 30 heavy (non-hydrogen) atoms. The SMILES string of the molecule is COc1ccccc1C(=O)N1C[C@H]2C[C@H](C1)c1c(-c3cncnc3)ccc(=O)n1C2. The Labute approximate surface area is 174 Å². The van der Waals surface area contributed by atoms with Crippen LogP contribution in [-0.2, 0) is 6.54 Å². The fraction of sp³-hybridized carbons (Fsp3) is 0.304. The van der Waals surface area contributed by atoms with Crippen LogP contribution in [0.3, 0.4) is 0 Å². The van der Waals surface area contributed by atoms with Crippen LogP contribution in [-0.4, -0.2) is 45.5 Å². The number of pyridine rings is 1. The maximum absolute atomic E-state index is 13.3. The standard InChI is InChI=1S/C23H22N4O3/c1-30-20-5-3-2-4-19(20)23(29)26-11-15-8-16(13-26)22-18(17-9-24-14-25-10-17)6-7-21(28)27(22)12-15/h2-7,9-10,14-16H,8,11-13H2,1H3/t15-,16-/m1/s1. The molecule has 2 aromatic heterocycles. The van der Waals surface area contributed by atoms with Crippen LogP contribution in [0.5, 0.6) is 5.75 Å². The number of fused-ring (bicyclic) bond motifs is 4. The molecule has 0 aliphatic carbocycles. The first-order chi connectivity index (χ1) is 14.7. The Bertz CT molecular complexity index is 1160. The summed E-state index contributed by atoms with van der Waals surface area (Å²) in [7, 11) is 1.58. The number of ether oxygens (including phenoxy) is 1. The molecule has 4 heterocycles. The Kier molecular flexibility index (Phi) is 4.58. The minimum atomic E-state index is -0.0292. The average Bonchev–Trinajstić information content (AvgIpc) is 2.79. The van der Waals surface area contributed by atoms with Crippen molar-refractivity contribution in [3.8, 4) is 16.9 Å². The molecule has 5 rings (SSSR count). The molecular formula is C23H22N4O3. The zero-order valence-corrected chi connectivity index (χ0v) is 16.7. The van der Waals surface area contributed by atoms with E-state index in [0.717, 1.165) is 23.2 Å². The first-order valence-electron chi connectivity index (χ1n) is 10.1. The number of hydrogen-bond acceptors (Lipinski definition) is 5. The number of amides is 1. The molecule has 7 heteroatoms. The Hall–Kier alpha value is -3.48. The zero-order chi connectivity index (χ0) is 20.7.